The summed E-state index contributed by atoms with van der Waals surface area (Å²) in [6.07, 6.45) is 5.72. The fraction of sp³-hybridized carbons (Fsp3) is 0.769. The van der Waals surface area contributed by atoms with Gasteiger partial charge in [0.25, 0.3) is 0 Å². The van der Waals surface area contributed by atoms with E-state index in [-0.39, 0.29) is 17.3 Å². The van der Waals surface area contributed by atoms with Crippen LogP contribution >= 0.6 is 11.8 Å². The van der Waals surface area contributed by atoms with Gasteiger partial charge >= 0.3 is 5.97 Å². The zero-order chi connectivity index (χ0) is 13.0. The second kappa shape index (κ2) is 4.23. The van der Waals surface area contributed by atoms with Gasteiger partial charge in [-0.3, -0.25) is 4.79 Å². The Morgan fingerprint density at radius 3 is 2.63 bits per heavy atom. The minimum absolute atomic E-state index is 0.0326. The van der Waals surface area contributed by atoms with Crippen molar-refractivity contribution in [2.45, 2.75) is 67.5 Å². The Labute approximate surface area is 116 Å². The van der Waals surface area contributed by atoms with Crippen molar-refractivity contribution in [3.63, 3.8) is 0 Å². The number of hydrogen-bond acceptors (Lipinski definition) is 5. The number of nitrogens with zero attached hydrogens (tertiary/aromatic N) is 3. The minimum Gasteiger partial charge on any atom is -0.462 e. The number of cyclic esters (lactones) is 1. The first-order valence-corrected chi connectivity index (χ1v) is 7.92. The maximum atomic E-state index is 11.7. The SMILES string of the molecule is C[C@H]1C[C@H](Sc2nnc(C3CC3)n2C2CC2)C(=O)O1. The molecule has 6 heteroatoms. The molecule has 0 radical (unpaired) electrons. The number of carbonyl (C=O) groups is 1. The molecule has 3 aliphatic rings. The van der Waals surface area contributed by atoms with Gasteiger partial charge in [-0.1, -0.05) is 11.8 Å². The molecule has 0 N–H and O–H groups in total. The molecule has 2 saturated carbocycles. The van der Waals surface area contributed by atoms with Gasteiger partial charge in [-0.15, -0.1) is 10.2 Å². The van der Waals surface area contributed by atoms with Crippen LogP contribution in [0.2, 0.25) is 0 Å². The lowest BCUT2D eigenvalue weighted by atomic mass is 10.3. The predicted octanol–water partition coefficient (Wildman–Crippen LogP) is 2.29. The molecule has 0 unspecified atom stereocenters. The van der Waals surface area contributed by atoms with Crippen molar-refractivity contribution in [3.05, 3.63) is 5.82 Å². The molecule has 102 valence electrons. The van der Waals surface area contributed by atoms with E-state index in [1.165, 1.54) is 37.4 Å². The Kier molecular flexibility index (Phi) is 2.62. The summed E-state index contributed by atoms with van der Waals surface area (Å²) in [5, 5.41) is 9.50. The van der Waals surface area contributed by atoms with Gasteiger partial charge in [-0.25, -0.2) is 0 Å². The average molecular weight is 279 g/mol. The lowest BCUT2D eigenvalue weighted by Crippen LogP contribution is -2.11. The maximum absolute atomic E-state index is 11.7. The lowest BCUT2D eigenvalue weighted by Gasteiger charge is -2.09. The number of ether oxygens (including phenoxy) is 1. The number of thioether (sulfide) groups is 1. The van der Waals surface area contributed by atoms with Crippen molar-refractivity contribution in [1.82, 2.24) is 14.8 Å². The van der Waals surface area contributed by atoms with Gasteiger partial charge in [0.05, 0.1) is 0 Å². The second-order valence-corrected chi connectivity index (χ2v) is 6.98. The van der Waals surface area contributed by atoms with Crippen molar-refractivity contribution in [1.29, 1.82) is 0 Å². The van der Waals surface area contributed by atoms with Crippen molar-refractivity contribution >= 4 is 17.7 Å². The van der Waals surface area contributed by atoms with Crippen molar-refractivity contribution in [2.24, 2.45) is 0 Å². The Bertz CT molecular complexity index is 522. The van der Waals surface area contributed by atoms with Gasteiger partial charge in [0.15, 0.2) is 5.16 Å². The normalized spacial score (nSPS) is 30.7. The van der Waals surface area contributed by atoms with Crippen LogP contribution in [0.15, 0.2) is 5.16 Å². The lowest BCUT2D eigenvalue weighted by molar-refractivity contribution is -0.140. The standard InChI is InChI=1S/C13H17N3O2S/c1-7-6-10(12(17)18-7)19-13-15-14-11(8-2-3-8)16(13)9-4-5-9/h7-10H,2-6H2,1H3/t7-,10-/m0/s1. The van der Waals surface area contributed by atoms with E-state index in [9.17, 15) is 4.79 Å². The van der Waals surface area contributed by atoms with Gasteiger partial charge in [-0.05, 0) is 32.6 Å². The van der Waals surface area contributed by atoms with E-state index in [0.29, 0.717) is 12.0 Å². The van der Waals surface area contributed by atoms with Crippen LogP contribution in [0.1, 0.15) is 56.8 Å². The van der Waals surface area contributed by atoms with Crippen molar-refractivity contribution < 1.29 is 9.53 Å². The van der Waals surface area contributed by atoms with Gasteiger partial charge in [0.1, 0.15) is 17.2 Å². The van der Waals surface area contributed by atoms with E-state index >= 15 is 0 Å². The molecular weight excluding hydrogens is 262 g/mol. The molecule has 1 aromatic rings. The fourth-order valence-electron chi connectivity index (χ4n) is 2.61. The van der Waals surface area contributed by atoms with Gasteiger partial charge in [0, 0.05) is 18.4 Å². The Hall–Kier alpha value is -1.04. The largest absolute Gasteiger partial charge is 0.462 e. The molecule has 19 heavy (non-hydrogen) atoms. The smallest absolute Gasteiger partial charge is 0.319 e. The average Bonchev–Trinajstić information content (AvgIpc) is 3.28. The number of rotatable bonds is 4. The molecule has 0 aromatic carbocycles. The Morgan fingerprint density at radius 1 is 1.26 bits per heavy atom. The summed E-state index contributed by atoms with van der Waals surface area (Å²) >= 11 is 1.54. The van der Waals surface area contributed by atoms with E-state index in [0.717, 1.165) is 17.4 Å². The highest BCUT2D eigenvalue weighted by molar-refractivity contribution is 8.00. The van der Waals surface area contributed by atoms with E-state index in [4.69, 9.17) is 4.74 Å². The van der Waals surface area contributed by atoms with E-state index in [1.807, 2.05) is 6.92 Å². The monoisotopic (exact) mass is 279 g/mol. The molecule has 1 aromatic heterocycles. The first-order chi connectivity index (χ1) is 9.22. The summed E-state index contributed by atoms with van der Waals surface area (Å²) in [6.45, 7) is 1.94. The highest BCUT2D eigenvalue weighted by atomic mass is 32.2. The molecular formula is C13H17N3O2S. The number of esters is 1. The summed E-state index contributed by atoms with van der Waals surface area (Å²) in [5.41, 5.74) is 0. The zero-order valence-corrected chi connectivity index (χ0v) is 11.7. The highest BCUT2D eigenvalue weighted by Gasteiger charge is 2.39. The topological polar surface area (TPSA) is 57.0 Å². The molecule has 1 aliphatic heterocycles. The molecule has 2 heterocycles. The van der Waals surface area contributed by atoms with Crippen LogP contribution in [-0.2, 0) is 9.53 Å². The molecule has 2 aliphatic carbocycles. The summed E-state index contributed by atoms with van der Waals surface area (Å²) in [5.74, 6) is 1.65. The van der Waals surface area contributed by atoms with Gasteiger partial charge < -0.3 is 9.30 Å². The molecule has 5 nitrogen and oxygen atoms in total. The van der Waals surface area contributed by atoms with Crippen molar-refractivity contribution in [3.8, 4) is 0 Å². The third-order valence-corrected chi connectivity index (χ3v) is 5.08. The van der Waals surface area contributed by atoms with Crippen LogP contribution in [-0.4, -0.2) is 32.1 Å². The summed E-state index contributed by atoms with van der Waals surface area (Å²) < 4.78 is 7.50. The zero-order valence-electron chi connectivity index (χ0n) is 10.9. The predicted molar refractivity (Wildman–Crippen MR) is 70.1 cm³/mol. The molecule has 4 rings (SSSR count). The quantitative estimate of drug-likeness (QED) is 0.791. The third-order valence-electron chi connectivity index (χ3n) is 3.92. The summed E-state index contributed by atoms with van der Waals surface area (Å²) in [6, 6.07) is 0.572. The van der Waals surface area contributed by atoms with Crippen LogP contribution in [0, 0.1) is 0 Å². The molecule has 1 saturated heterocycles. The molecule has 0 bridgehead atoms. The molecule has 0 spiro atoms. The number of aromatic nitrogens is 3. The van der Waals surface area contributed by atoms with Gasteiger partial charge in [0.2, 0.25) is 0 Å². The van der Waals surface area contributed by atoms with E-state index in [1.54, 1.807) is 0 Å². The summed E-state index contributed by atoms with van der Waals surface area (Å²) in [4.78, 5) is 11.7. The van der Waals surface area contributed by atoms with Crippen LogP contribution in [0.25, 0.3) is 0 Å². The second-order valence-electron chi connectivity index (χ2n) is 5.81. The van der Waals surface area contributed by atoms with E-state index in [2.05, 4.69) is 14.8 Å². The van der Waals surface area contributed by atoms with Crippen LogP contribution in [0.3, 0.4) is 0 Å². The van der Waals surface area contributed by atoms with Crippen molar-refractivity contribution in [2.75, 3.05) is 0 Å². The van der Waals surface area contributed by atoms with E-state index < -0.39 is 0 Å². The number of carbonyl (C=O) groups excluding carboxylic acids is 1. The first-order valence-electron chi connectivity index (χ1n) is 7.04. The minimum atomic E-state index is -0.108. The maximum Gasteiger partial charge on any atom is 0.319 e. The third kappa shape index (κ3) is 2.16. The highest BCUT2D eigenvalue weighted by Crippen LogP contribution is 2.46. The van der Waals surface area contributed by atoms with Crippen LogP contribution in [0.4, 0.5) is 0 Å². The Morgan fingerprint density at radius 2 is 2.05 bits per heavy atom. The number of hydrogen-bond donors (Lipinski definition) is 0. The first kappa shape index (κ1) is 11.8. The van der Waals surface area contributed by atoms with Crippen LogP contribution in [0.5, 0.6) is 0 Å². The Balaban J connectivity index is 1.59. The fourth-order valence-corrected chi connectivity index (χ4v) is 3.83. The summed E-state index contributed by atoms with van der Waals surface area (Å²) in [7, 11) is 0. The molecule has 2 atom stereocenters. The molecule has 0 amide bonds. The van der Waals surface area contributed by atoms with Crippen LogP contribution < -0.4 is 0 Å². The molecule has 3 fully saturated rings. The van der Waals surface area contributed by atoms with Gasteiger partial charge in [-0.2, -0.15) is 0 Å².